The summed E-state index contributed by atoms with van der Waals surface area (Å²) in [7, 11) is 0. The lowest BCUT2D eigenvalue weighted by Crippen LogP contribution is -2.38. The Balaban J connectivity index is 1.55. The van der Waals surface area contributed by atoms with Gasteiger partial charge in [0.25, 0.3) is 0 Å². The molecule has 0 bridgehead atoms. The SMILES string of the molecule is Cc1ccccc1-n1c(SCc2cc(=O)oc3c(C)c(C)ccc23)nnc1N1CCOCC1. The topological polar surface area (TPSA) is 73.4 Å². The number of benzene rings is 2. The van der Waals surface area contributed by atoms with Crippen molar-refractivity contribution in [2.45, 2.75) is 31.7 Å². The first-order chi connectivity index (χ1) is 16.0. The standard InChI is InChI=1S/C25H26N4O3S/c1-16-8-9-20-19(14-22(30)32-23(20)18(16)3)15-33-25-27-26-24(28-10-12-31-13-11-28)29(25)21-7-5-4-6-17(21)2/h4-9,14H,10-13,15H2,1-3H3. The highest BCUT2D eigenvalue weighted by Gasteiger charge is 2.23. The maximum Gasteiger partial charge on any atom is 0.336 e. The first-order valence-corrected chi connectivity index (χ1v) is 12.0. The predicted molar refractivity (Wildman–Crippen MR) is 131 cm³/mol. The number of aromatic nitrogens is 3. The zero-order valence-corrected chi connectivity index (χ0v) is 19.8. The molecule has 4 aromatic rings. The second-order valence-corrected chi connectivity index (χ2v) is 9.21. The number of fused-ring (bicyclic) bond motifs is 1. The van der Waals surface area contributed by atoms with Crippen LogP contribution in [0.5, 0.6) is 0 Å². The van der Waals surface area contributed by atoms with Gasteiger partial charge in [0.05, 0.1) is 18.9 Å². The van der Waals surface area contributed by atoms with Crippen LogP contribution in [0.4, 0.5) is 5.95 Å². The van der Waals surface area contributed by atoms with Gasteiger partial charge in [0.1, 0.15) is 5.58 Å². The lowest BCUT2D eigenvalue weighted by Gasteiger charge is -2.28. The lowest BCUT2D eigenvalue weighted by atomic mass is 10.0. The zero-order valence-electron chi connectivity index (χ0n) is 19.0. The molecule has 5 rings (SSSR count). The Labute approximate surface area is 196 Å². The maximum atomic E-state index is 12.3. The summed E-state index contributed by atoms with van der Waals surface area (Å²) in [5.74, 6) is 1.40. The molecule has 0 radical (unpaired) electrons. The Morgan fingerprint density at radius 3 is 2.58 bits per heavy atom. The van der Waals surface area contributed by atoms with Crippen LogP contribution in [0.3, 0.4) is 0 Å². The Morgan fingerprint density at radius 2 is 1.79 bits per heavy atom. The van der Waals surface area contributed by atoms with Crippen molar-refractivity contribution in [3.05, 3.63) is 75.1 Å². The normalized spacial score (nSPS) is 14.2. The Bertz CT molecular complexity index is 1370. The summed E-state index contributed by atoms with van der Waals surface area (Å²) in [5, 5.41) is 10.9. The van der Waals surface area contributed by atoms with Gasteiger partial charge in [-0.25, -0.2) is 4.79 Å². The first kappa shape index (κ1) is 21.7. The summed E-state index contributed by atoms with van der Waals surface area (Å²) in [6.07, 6.45) is 0. The molecule has 7 nitrogen and oxygen atoms in total. The minimum atomic E-state index is -0.332. The second kappa shape index (κ2) is 9.03. The predicted octanol–water partition coefficient (Wildman–Crippen LogP) is 4.43. The molecule has 1 saturated heterocycles. The van der Waals surface area contributed by atoms with Gasteiger partial charge in [0.2, 0.25) is 5.95 Å². The highest BCUT2D eigenvalue weighted by Crippen LogP contribution is 2.32. The number of rotatable bonds is 5. The molecule has 0 N–H and O–H groups in total. The molecule has 170 valence electrons. The van der Waals surface area contributed by atoms with Crippen LogP contribution in [-0.4, -0.2) is 41.1 Å². The number of para-hydroxylation sites is 1. The number of nitrogens with zero attached hydrogens (tertiary/aromatic N) is 4. The molecule has 33 heavy (non-hydrogen) atoms. The molecular formula is C25H26N4O3S. The molecule has 1 fully saturated rings. The van der Waals surface area contributed by atoms with Gasteiger partial charge in [0.15, 0.2) is 5.16 Å². The van der Waals surface area contributed by atoms with E-state index >= 15 is 0 Å². The number of hydrogen-bond donors (Lipinski definition) is 0. The highest BCUT2D eigenvalue weighted by atomic mass is 32.2. The number of hydrogen-bond acceptors (Lipinski definition) is 7. The molecule has 1 aliphatic heterocycles. The zero-order chi connectivity index (χ0) is 22.9. The molecule has 0 atom stereocenters. The molecule has 3 heterocycles. The number of morpholine rings is 1. The molecule has 0 amide bonds. The molecule has 0 aliphatic carbocycles. The molecule has 0 saturated carbocycles. The van der Waals surface area contributed by atoms with E-state index in [0.29, 0.717) is 24.5 Å². The molecule has 2 aromatic heterocycles. The highest BCUT2D eigenvalue weighted by molar-refractivity contribution is 7.98. The van der Waals surface area contributed by atoms with E-state index in [0.717, 1.165) is 57.5 Å². The second-order valence-electron chi connectivity index (χ2n) is 8.27. The van der Waals surface area contributed by atoms with Crippen LogP contribution in [0.1, 0.15) is 22.3 Å². The molecular weight excluding hydrogens is 436 g/mol. The van der Waals surface area contributed by atoms with Crippen LogP contribution in [0, 0.1) is 20.8 Å². The quantitative estimate of drug-likeness (QED) is 0.321. The lowest BCUT2D eigenvalue weighted by molar-refractivity contribution is 0.122. The number of aryl methyl sites for hydroxylation is 3. The summed E-state index contributed by atoms with van der Waals surface area (Å²) in [4.78, 5) is 14.5. The van der Waals surface area contributed by atoms with Crippen LogP contribution in [0.2, 0.25) is 0 Å². The summed E-state index contributed by atoms with van der Waals surface area (Å²) >= 11 is 1.57. The van der Waals surface area contributed by atoms with E-state index in [1.165, 1.54) is 0 Å². The minimum absolute atomic E-state index is 0.332. The Morgan fingerprint density at radius 1 is 1.00 bits per heavy atom. The van der Waals surface area contributed by atoms with Crippen LogP contribution in [0.25, 0.3) is 16.7 Å². The smallest absolute Gasteiger partial charge is 0.336 e. The number of anilines is 1. The van der Waals surface area contributed by atoms with E-state index in [2.05, 4.69) is 44.8 Å². The van der Waals surface area contributed by atoms with Crippen molar-refractivity contribution in [2.75, 3.05) is 31.2 Å². The van der Waals surface area contributed by atoms with Crippen molar-refractivity contribution < 1.29 is 9.15 Å². The van der Waals surface area contributed by atoms with Gasteiger partial charge < -0.3 is 14.1 Å². The average molecular weight is 463 g/mol. The number of thioether (sulfide) groups is 1. The molecule has 2 aromatic carbocycles. The van der Waals surface area contributed by atoms with Crippen molar-refractivity contribution >= 4 is 28.7 Å². The molecule has 1 aliphatic rings. The Hall–Kier alpha value is -3.10. The van der Waals surface area contributed by atoms with Crippen LogP contribution < -0.4 is 10.5 Å². The van der Waals surface area contributed by atoms with Crippen molar-refractivity contribution in [3.63, 3.8) is 0 Å². The van der Waals surface area contributed by atoms with E-state index < -0.39 is 0 Å². The van der Waals surface area contributed by atoms with Crippen LogP contribution in [-0.2, 0) is 10.5 Å². The van der Waals surface area contributed by atoms with Gasteiger partial charge in [-0.3, -0.25) is 4.57 Å². The van der Waals surface area contributed by atoms with Crippen molar-refractivity contribution in [1.82, 2.24) is 14.8 Å². The summed E-state index contributed by atoms with van der Waals surface area (Å²) in [6, 6.07) is 13.9. The minimum Gasteiger partial charge on any atom is -0.422 e. The molecule has 8 heteroatoms. The summed E-state index contributed by atoms with van der Waals surface area (Å²) in [6.45, 7) is 9.00. The fourth-order valence-electron chi connectivity index (χ4n) is 4.14. The van der Waals surface area contributed by atoms with Crippen LogP contribution in [0.15, 0.2) is 56.8 Å². The monoisotopic (exact) mass is 462 g/mol. The van der Waals surface area contributed by atoms with Gasteiger partial charge in [-0.1, -0.05) is 42.1 Å². The molecule has 0 unspecified atom stereocenters. The molecule has 0 spiro atoms. The third kappa shape index (κ3) is 4.16. The van der Waals surface area contributed by atoms with Crippen molar-refractivity contribution in [3.8, 4) is 5.69 Å². The van der Waals surface area contributed by atoms with Gasteiger partial charge in [-0.15, -0.1) is 10.2 Å². The maximum absolute atomic E-state index is 12.3. The van der Waals surface area contributed by atoms with Gasteiger partial charge in [-0.05, 0) is 49.1 Å². The van der Waals surface area contributed by atoms with E-state index in [1.807, 2.05) is 32.0 Å². The summed E-state index contributed by atoms with van der Waals surface area (Å²) < 4.78 is 13.2. The van der Waals surface area contributed by atoms with E-state index in [4.69, 9.17) is 9.15 Å². The fraction of sp³-hybridized carbons (Fsp3) is 0.320. The first-order valence-electron chi connectivity index (χ1n) is 11.0. The average Bonchev–Trinajstić information content (AvgIpc) is 3.25. The van der Waals surface area contributed by atoms with E-state index in [9.17, 15) is 4.79 Å². The summed E-state index contributed by atoms with van der Waals surface area (Å²) in [5.41, 5.74) is 5.55. The third-order valence-corrected chi connectivity index (χ3v) is 7.12. The number of ether oxygens (including phenoxy) is 1. The third-order valence-electron chi connectivity index (χ3n) is 6.14. The van der Waals surface area contributed by atoms with E-state index in [-0.39, 0.29) is 5.63 Å². The largest absolute Gasteiger partial charge is 0.422 e. The van der Waals surface area contributed by atoms with Gasteiger partial charge in [0, 0.05) is 30.3 Å². The van der Waals surface area contributed by atoms with E-state index in [1.54, 1.807) is 17.8 Å². The van der Waals surface area contributed by atoms with Crippen molar-refractivity contribution in [2.24, 2.45) is 0 Å². The van der Waals surface area contributed by atoms with Gasteiger partial charge in [-0.2, -0.15) is 0 Å². The fourth-order valence-corrected chi connectivity index (χ4v) is 5.07. The van der Waals surface area contributed by atoms with Gasteiger partial charge >= 0.3 is 5.63 Å². The van der Waals surface area contributed by atoms with Crippen LogP contribution >= 0.6 is 11.8 Å². The van der Waals surface area contributed by atoms with Crippen molar-refractivity contribution in [1.29, 1.82) is 0 Å². The Kier molecular flexibility index (Phi) is 5.95.